The first-order valence-corrected chi connectivity index (χ1v) is 11.1. The van der Waals surface area contributed by atoms with Gasteiger partial charge in [0.1, 0.15) is 5.84 Å². The first-order valence-electron chi connectivity index (χ1n) is 8.29. The fourth-order valence-corrected chi connectivity index (χ4v) is 4.75. The monoisotopic (exact) mass is 399 g/mol. The van der Waals surface area contributed by atoms with Crippen LogP contribution in [0.2, 0.25) is 0 Å². The third-order valence-electron chi connectivity index (χ3n) is 4.32. The van der Waals surface area contributed by atoms with Gasteiger partial charge in [-0.2, -0.15) is 0 Å². The van der Waals surface area contributed by atoms with Gasteiger partial charge < -0.3 is 5.32 Å². The second-order valence-electron chi connectivity index (χ2n) is 6.38. The van der Waals surface area contributed by atoms with E-state index in [1.165, 1.54) is 0 Å². The van der Waals surface area contributed by atoms with Crippen molar-refractivity contribution in [3.05, 3.63) is 71.1 Å². The van der Waals surface area contributed by atoms with E-state index in [2.05, 4.69) is 16.8 Å². The summed E-state index contributed by atoms with van der Waals surface area (Å²) in [5, 5.41) is 5.61. The summed E-state index contributed by atoms with van der Waals surface area (Å²) in [5.74, 6) is 0.270. The number of amides is 1. The smallest absolute Gasteiger partial charge is 0.264 e. The largest absolute Gasteiger partial charge is 0.343 e. The standard InChI is InChI=1S/C19H17N3O3S2/c1-27(24,25)22-19(23)12-7-8-14-16(11-12)21-18(15-9-10-26-17(14)15)20-13-5-3-2-4-6-13/h2-11,15,17H,1H3,(H,20,21)(H,22,23). The predicted molar refractivity (Wildman–Crippen MR) is 109 cm³/mol. The van der Waals surface area contributed by atoms with Crippen LogP contribution in [-0.4, -0.2) is 26.4 Å². The molecule has 2 aliphatic heterocycles. The van der Waals surface area contributed by atoms with Crippen LogP contribution in [0, 0.1) is 5.92 Å². The summed E-state index contributed by atoms with van der Waals surface area (Å²) in [6, 6.07) is 14.9. The van der Waals surface area contributed by atoms with Gasteiger partial charge in [-0.3, -0.25) is 4.79 Å². The van der Waals surface area contributed by atoms with Gasteiger partial charge >= 0.3 is 0 Å². The molecule has 0 bridgehead atoms. The maximum Gasteiger partial charge on any atom is 0.264 e. The molecule has 2 aromatic rings. The van der Waals surface area contributed by atoms with Crippen molar-refractivity contribution in [3.63, 3.8) is 0 Å². The van der Waals surface area contributed by atoms with Crippen molar-refractivity contribution in [2.24, 2.45) is 10.9 Å². The SMILES string of the molecule is CS(=O)(=O)NC(=O)c1ccc2c(c1)N=C(Nc1ccccc1)C1C=CSC21. The number of carbonyl (C=O) groups excluding carboxylic acids is 1. The molecule has 6 nitrogen and oxygen atoms in total. The number of fused-ring (bicyclic) bond motifs is 3. The van der Waals surface area contributed by atoms with Crippen molar-refractivity contribution in [1.29, 1.82) is 0 Å². The lowest BCUT2D eigenvalue weighted by molar-refractivity contribution is 0.0981. The minimum absolute atomic E-state index is 0.124. The molecule has 0 fully saturated rings. The molecule has 0 aliphatic carbocycles. The Labute approximate surface area is 161 Å². The minimum Gasteiger partial charge on any atom is -0.343 e. The molecule has 2 unspecified atom stereocenters. The van der Waals surface area contributed by atoms with Gasteiger partial charge in [-0.15, -0.1) is 11.8 Å². The molecule has 2 atom stereocenters. The highest BCUT2D eigenvalue weighted by Gasteiger charge is 2.35. The molecule has 2 heterocycles. The summed E-state index contributed by atoms with van der Waals surface area (Å²) >= 11 is 1.71. The Hall–Kier alpha value is -2.58. The van der Waals surface area contributed by atoms with Crippen molar-refractivity contribution >= 4 is 44.9 Å². The van der Waals surface area contributed by atoms with E-state index in [0.29, 0.717) is 5.69 Å². The highest BCUT2D eigenvalue weighted by Crippen LogP contribution is 2.49. The summed E-state index contributed by atoms with van der Waals surface area (Å²) in [6.45, 7) is 0. The van der Waals surface area contributed by atoms with E-state index in [4.69, 9.17) is 4.99 Å². The van der Waals surface area contributed by atoms with Crippen molar-refractivity contribution in [2.75, 3.05) is 11.6 Å². The first-order chi connectivity index (χ1) is 12.9. The Bertz CT molecular complexity index is 1060. The molecule has 0 saturated carbocycles. The number of benzene rings is 2. The first kappa shape index (κ1) is 17.8. The Balaban J connectivity index is 1.70. The van der Waals surface area contributed by atoms with Gasteiger partial charge in [-0.25, -0.2) is 18.1 Å². The van der Waals surface area contributed by atoms with Gasteiger partial charge in [0, 0.05) is 16.5 Å². The second kappa shape index (κ2) is 6.86. The van der Waals surface area contributed by atoms with Gasteiger partial charge in [0.05, 0.1) is 17.9 Å². The molecule has 1 amide bonds. The van der Waals surface area contributed by atoms with Gasteiger partial charge in [0.2, 0.25) is 10.0 Å². The van der Waals surface area contributed by atoms with Crippen molar-refractivity contribution in [2.45, 2.75) is 5.25 Å². The number of carbonyl (C=O) groups is 1. The molecule has 0 saturated heterocycles. The summed E-state index contributed by atoms with van der Waals surface area (Å²) in [7, 11) is -3.62. The second-order valence-corrected chi connectivity index (χ2v) is 9.18. The molecule has 0 radical (unpaired) electrons. The third kappa shape index (κ3) is 3.77. The molecule has 2 aromatic carbocycles. The van der Waals surface area contributed by atoms with Gasteiger partial charge in [-0.05, 0) is 35.2 Å². The van der Waals surface area contributed by atoms with Crippen LogP contribution in [-0.2, 0) is 10.0 Å². The summed E-state index contributed by atoms with van der Waals surface area (Å²) in [6.07, 6.45) is 3.08. The number of nitrogens with zero attached hydrogens (tertiary/aromatic N) is 1. The van der Waals surface area contributed by atoms with E-state index >= 15 is 0 Å². The van der Waals surface area contributed by atoms with E-state index in [-0.39, 0.29) is 16.7 Å². The quantitative estimate of drug-likeness (QED) is 0.825. The lowest BCUT2D eigenvalue weighted by Crippen LogP contribution is -2.30. The van der Waals surface area contributed by atoms with Gasteiger partial charge in [-0.1, -0.05) is 30.3 Å². The average molecular weight is 399 g/mol. The Morgan fingerprint density at radius 3 is 2.67 bits per heavy atom. The number of hydrogen-bond acceptors (Lipinski definition) is 6. The number of sulfonamides is 1. The van der Waals surface area contributed by atoms with E-state index in [1.54, 1.807) is 23.9 Å². The lowest BCUT2D eigenvalue weighted by atomic mass is 9.92. The van der Waals surface area contributed by atoms with Gasteiger partial charge in [0.15, 0.2) is 0 Å². The number of thioether (sulfide) groups is 1. The maximum atomic E-state index is 12.2. The Morgan fingerprint density at radius 2 is 1.93 bits per heavy atom. The van der Waals surface area contributed by atoms with Crippen LogP contribution in [0.25, 0.3) is 0 Å². The van der Waals surface area contributed by atoms with Crippen LogP contribution in [0.3, 0.4) is 0 Å². The molecular weight excluding hydrogens is 382 g/mol. The number of rotatable bonds is 3. The fraction of sp³-hybridized carbons (Fsp3) is 0.158. The summed E-state index contributed by atoms with van der Waals surface area (Å²) < 4.78 is 24.6. The molecule has 138 valence electrons. The molecule has 0 spiro atoms. The molecule has 27 heavy (non-hydrogen) atoms. The minimum atomic E-state index is -3.62. The molecule has 0 aromatic heterocycles. The zero-order chi connectivity index (χ0) is 19.0. The molecule has 2 aliphatic rings. The van der Waals surface area contributed by atoms with E-state index in [0.717, 1.165) is 23.3 Å². The maximum absolute atomic E-state index is 12.2. The van der Waals surface area contributed by atoms with Crippen LogP contribution >= 0.6 is 11.8 Å². The lowest BCUT2D eigenvalue weighted by Gasteiger charge is -2.28. The fourth-order valence-electron chi connectivity index (χ4n) is 3.14. The molecule has 4 rings (SSSR count). The van der Waals surface area contributed by atoms with Gasteiger partial charge in [0.25, 0.3) is 5.91 Å². The number of amidine groups is 1. The number of hydrogen-bond donors (Lipinski definition) is 2. The van der Waals surface area contributed by atoms with Crippen molar-refractivity contribution in [1.82, 2.24) is 4.72 Å². The van der Waals surface area contributed by atoms with Crippen LogP contribution in [0.1, 0.15) is 21.2 Å². The number of anilines is 1. The number of aliphatic imine (C=N–C) groups is 1. The highest BCUT2D eigenvalue weighted by molar-refractivity contribution is 8.02. The van der Waals surface area contributed by atoms with E-state index in [1.807, 2.05) is 41.1 Å². The highest BCUT2D eigenvalue weighted by atomic mass is 32.2. The number of para-hydroxylation sites is 1. The van der Waals surface area contributed by atoms with E-state index in [9.17, 15) is 13.2 Å². The molecular formula is C19H17N3O3S2. The Kier molecular flexibility index (Phi) is 4.53. The molecule has 8 heteroatoms. The van der Waals surface area contributed by atoms with Crippen molar-refractivity contribution in [3.8, 4) is 0 Å². The van der Waals surface area contributed by atoms with Crippen LogP contribution < -0.4 is 10.0 Å². The third-order valence-corrected chi connectivity index (χ3v) is 6.03. The Morgan fingerprint density at radius 1 is 1.15 bits per heavy atom. The van der Waals surface area contributed by atoms with Crippen LogP contribution in [0.15, 0.2) is 65.0 Å². The predicted octanol–water partition coefficient (Wildman–Crippen LogP) is 3.45. The zero-order valence-electron chi connectivity index (χ0n) is 14.4. The molecule has 2 N–H and O–H groups in total. The number of nitrogens with one attached hydrogen (secondary N) is 2. The van der Waals surface area contributed by atoms with Crippen LogP contribution in [0.5, 0.6) is 0 Å². The summed E-state index contributed by atoms with van der Waals surface area (Å²) in [5.41, 5.74) is 2.91. The van der Waals surface area contributed by atoms with Crippen LogP contribution in [0.4, 0.5) is 11.4 Å². The average Bonchev–Trinajstić information content (AvgIpc) is 3.11. The topological polar surface area (TPSA) is 87.6 Å². The van der Waals surface area contributed by atoms with E-state index < -0.39 is 15.9 Å². The summed E-state index contributed by atoms with van der Waals surface area (Å²) in [4.78, 5) is 16.9. The zero-order valence-corrected chi connectivity index (χ0v) is 16.0. The van der Waals surface area contributed by atoms with Crippen molar-refractivity contribution < 1.29 is 13.2 Å². The normalized spacial score (nSPS) is 20.4.